The number of amides is 2. The Labute approximate surface area is 255 Å². The number of carbonyl (C=O) groups is 3. The molecule has 0 bridgehead atoms. The molecule has 0 aliphatic heterocycles. The fraction of sp³-hybridized carbons (Fsp3) is 0.438. The van der Waals surface area contributed by atoms with Crippen LogP contribution in [-0.4, -0.2) is 64.9 Å². The van der Waals surface area contributed by atoms with Crippen LogP contribution in [0.3, 0.4) is 0 Å². The smallest absolute Gasteiger partial charge is 0.305 e. The van der Waals surface area contributed by atoms with Gasteiger partial charge in [0.25, 0.3) is 5.91 Å². The third kappa shape index (κ3) is 13.0. The molecule has 0 aromatic heterocycles. The van der Waals surface area contributed by atoms with Crippen LogP contribution in [0.5, 0.6) is 5.75 Å². The van der Waals surface area contributed by atoms with Crippen molar-refractivity contribution in [2.75, 3.05) is 46.7 Å². The number of hydrogen-bond acceptors (Lipinski definition) is 9. The van der Waals surface area contributed by atoms with Crippen LogP contribution in [0.15, 0.2) is 66.7 Å². The minimum atomic E-state index is -0.424. The normalized spacial score (nSPS) is 11.5. The van der Waals surface area contributed by atoms with E-state index in [4.69, 9.17) is 10.1 Å². The van der Waals surface area contributed by atoms with Crippen LogP contribution in [0, 0.1) is 11.3 Å². The van der Waals surface area contributed by atoms with Gasteiger partial charge in [-0.3, -0.25) is 14.4 Å². The molecule has 0 saturated heterocycles. The van der Waals surface area contributed by atoms with Crippen molar-refractivity contribution in [2.24, 2.45) is 5.92 Å². The van der Waals surface area contributed by atoms with Crippen LogP contribution < -0.4 is 31.3 Å². The summed E-state index contributed by atoms with van der Waals surface area (Å²) in [5, 5.41) is 23.2. The van der Waals surface area contributed by atoms with Crippen molar-refractivity contribution in [1.82, 2.24) is 21.3 Å². The number of benzene rings is 1. The van der Waals surface area contributed by atoms with Gasteiger partial charge in [-0.15, -0.1) is 0 Å². The zero-order valence-corrected chi connectivity index (χ0v) is 26.2. The summed E-state index contributed by atoms with van der Waals surface area (Å²) in [4.78, 5) is 36.2. The Morgan fingerprint density at radius 1 is 1.02 bits per heavy atom. The number of hydrogen-bond donors (Lipinski definition) is 6. The molecule has 1 rings (SSSR count). The number of allylic oxidation sites excluding steroid dienone is 2. The van der Waals surface area contributed by atoms with E-state index in [0.29, 0.717) is 47.8 Å². The number of methoxy groups -OCH3 is 2. The molecule has 0 unspecified atom stereocenters. The van der Waals surface area contributed by atoms with Gasteiger partial charge in [0.05, 0.1) is 37.7 Å². The summed E-state index contributed by atoms with van der Waals surface area (Å²) in [5.41, 5.74) is 2.90. The SMILES string of the molecule is C=C(/C=C(/Nc1cccc(C(=N)[C@H](C)CNC)c1OC)C(=C)C(=O)NC)NC(=O)CNC(=C)CCCCCCC(=O)OC. The quantitative estimate of drug-likeness (QED) is 0.0412. The van der Waals surface area contributed by atoms with Gasteiger partial charge >= 0.3 is 5.97 Å². The van der Waals surface area contributed by atoms with Gasteiger partial charge in [-0.05, 0) is 44.5 Å². The van der Waals surface area contributed by atoms with Crippen molar-refractivity contribution in [3.63, 3.8) is 0 Å². The highest BCUT2D eigenvalue weighted by Crippen LogP contribution is 2.32. The Bertz CT molecular complexity index is 1210. The highest BCUT2D eigenvalue weighted by Gasteiger charge is 2.20. The molecular weight excluding hydrogens is 548 g/mol. The van der Waals surface area contributed by atoms with Crippen molar-refractivity contribution in [1.29, 1.82) is 5.41 Å². The number of anilines is 1. The van der Waals surface area contributed by atoms with E-state index in [2.05, 4.69) is 51.1 Å². The van der Waals surface area contributed by atoms with Gasteiger partial charge in [0.2, 0.25) is 5.91 Å². The van der Waals surface area contributed by atoms with E-state index in [1.807, 2.05) is 14.0 Å². The zero-order valence-electron chi connectivity index (χ0n) is 26.2. The monoisotopic (exact) mass is 596 g/mol. The Kier molecular flexibility index (Phi) is 16.8. The lowest BCUT2D eigenvalue weighted by Gasteiger charge is -2.20. The molecule has 11 heteroatoms. The summed E-state index contributed by atoms with van der Waals surface area (Å²) in [7, 11) is 6.23. The van der Waals surface area contributed by atoms with E-state index in [-0.39, 0.29) is 35.6 Å². The van der Waals surface area contributed by atoms with E-state index in [9.17, 15) is 14.4 Å². The summed E-state index contributed by atoms with van der Waals surface area (Å²) in [6.07, 6.45) is 6.17. The molecular formula is C32H48N6O5. The van der Waals surface area contributed by atoms with Crippen molar-refractivity contribution < 1.29 is 23.9 Å². The van der Waals surface area contributed by atoms with E-state index in [1.54, 1.807) is 18.2 Å². The number of rotatable bonds is 21. The zero-order chi connectivity index (χ0) is 32.4. The third-order valence-electron chi connectivity index (χ3n) is 6.56. The van der Waals surface area contributed by atoms with Crippen LogP contribution in [0.25, 0.3) is 0 Å². The molecule has 0 aliphatic rings. The van der Waals surface area contributed by atoms with E-state index in [1.165, 1.54) is 27.3 Å². The van der Waals surface area contributed by atoms with Crippen LogP contribution in [0.1, 0.15) is 51.0 Å². The van der Waals surface area contributed by atoms with Crippen molar-refractivity contribution >= 4 is 29.2 Å². The molecule has 0 saturated carbocycles. The topological polar surface area (TPSA) is 154 Å². The molecule has 1 atom stereocenters. The van der Waals surface area contributed by atoms with Crippen molar-refractivity contribution in [3.05, 3.63) is 72.2 Å². The van der Waals surface area contributed by atoms with Crippen molar-refractivity contribution in [3.8, 4) is 5.75 Å². The molecule has 2 amide bonds. The van der Waals surface area contributed by atoms with Crippen LogP contribution in [0.4, 0.5) is 5.69 Å². The number of para-hydroxylation sites is 1. The summed E-state index contributed by atoms with van der Waals surface area (Å²) < 4.78 is 10.3. The summed E-state index contributed by atoms with van der Waals surface area (Å²) in [5.74, 6) is -0.590. The number of likely N-dealkylation sites (N-methyl/N-ethyl adjacent to an activating group) is 1. The van der Waals surface area contributed by atoms with Gasteiger partial charge in [-0.25, -0.2) is 0 Å². The minimum absolute atomic E-state index is 0.00400. The standard InChI is InChI=1S/C32H48N6O5/c1-21(19-34-5)30(33)25-15-13-16-26(31(25)43-8)38-27(24(4)32(41)35-6)18-23(3)37-28(39)20-36-22(2)14-11-9-10-12-17-29(40)42-7/h13,15-16,18,21,33-34,36,38H,2-4,9-12,14,17,19-20H2,1,5-8H3,(H,35,41)(H,37,39)/b27-18+,33-30?/t21-/m1/s1. The maximum Gasteiger partial charge on any atom is 0.305 e. The summed E-state index contributed by atoms with van der Waals surface area (Å²) in [6.45, 7) is 14.4. The molecule has 0 fully saturated rings. The predicted octanol–water partition coefficient (Wildman–Crippen LogP) is 3.76. The molecule has 1 aromatic rings. The molecule has 0 spiro atoms. The molecule has 0 radical (unpaired) electrons. The van der Waals surface area contributed by atoms with Gasteiger partial charge in [0, 0.05) is 48.6 Å². The average molecular weight is 597 g/mol. The van der Waals surface area contributed by atoms with E-state index < -0.39 is 5.91 Å². The molecule has 6 N–H and O–H groups in total. The molecule has 0 aliphatic carbocycles. The number of esters is 1. The predicted molar refractivity (Wildman–Crippen MR) is 172 cm³/mol. The Morgan fingerprint density at radius 3 is 2.30 bits per heavy atom. The van der Waals surface area contributed by atoms with Crippen LogP contribution in [-0.2, 0) is 19.1 Å². The second-order valence-electron chi connectivity index (χ2n) is 10.0. The fourth-order valence-corrected chi connectivity index (χ4v) is 4.15. The Morgan fingerprint density at radius 2 is 1.70 bits per heavy atom. The number of carbonyl (C=O) groups excluding carboxylic acids is 3. The Balaban J connectivity index is 2.89. The molecule has 11 nitrogen and oxygen atoms in total. The second-order valence-corrected chi connectivity index (χ2v) is 10.0. The maximum atomic E-state index is 12.6. The van der Waals surface area contributed by atoms with Gasteiger partial charge in [-0.1, -0.05) is 45.6 Å². The first-order chi connectivity index (χ1) is 20.5. The highest BCUT2D eigenvalue weighted by atomic mass is 16.5. The maximum absolute atomic E-state index is 12.6. The first-order valence-electron chi connectivity index (χ1n) is 14.3. The lowest BCUT2D eigenvalue weighted by molar-refractivity contribution is -0.140. The number of nitrogens with one attached hydrogen (secondary N) is 6. The van der Waals surface area contributed by atoms with E-state index in [0.717, 1.165) is 31.4 Å². The first-order valence-corrected chi connectivity index (χ1v) is 14.3. The van der Waals surface area contributed by atoms with Gasteiger partial charge in [0.15, 0.2) is 5.75 Å². The van der Waals surface area contributed by atoms with Gasteiger partial charge in [-0.2, -0.15) is 0 Å². The highest BCUT2D eigenvalue weighted by molar-refractivity contribution is 6.04. The van der Waals surface area contributed by atoms with Gasteiger partial charge < -0.3 is 41.5 Å². The van der Waals surface area contributed by atoms with Crippen LogP contribution >= 0.6 is 0 Å². The minimum Gasteiger partial charge on any atom is -0.494 e. The lowest BCUT2D eigenvalue weighted by atomic mass is 9.96. The second kappa shape index (κ2) is 19.7. The molecule has 1 aromatic carbocycles. The fourth-order valence-electron chi connectivity index (χ4n) is 4.15. The lowest BCUT2D eigenvalue weighted by Crippen LogP contribution is -2.32. The first kappa shape index (κ1) is 36.6. The van der Waals surface area contributed by atoms with Crippen LogP contribution in [0.2, 0.25) is 0 Å². The van der Waals surface area contributed by atoms with E-state index >= 15 is 0 Å². The average Bonchev–Trinajstić information content (AvgIpc) is 2.99. The van der Waals surface area contributed by atoms with Gasteiger partial charge in [0.1, 0.15) is 0 Å². The van der Waals surface area contributed by atoms with Crippen molar-refractivity contribution in [2.45, 2.75) is 45.4 Å². The molecule has 0 heterocycles. The molecule has 43 heavy (non-hydrogen) atoms. The largest absolute Gasteiger partial charge is 0.494 e. The number of unbranched alkanes of at least 4 members (excludes halogenated alkanes) is 3. The summed E-state index contributed by atoms with van der Waals surface area (Å²) >= 11 is 0. The summed E-state index contributed by atoms with van der Waals surface area (Å²) in [6, 6.07) is 5.36. The third-order valence-corrected chi connectivity index (χ3v) is 6.56. The Hall–Kier alpha value is -4.38. The molecule has 236 valence electrons. The number of ether oxygens (including phenoxy) is 2.